The highest BCUT2D eigenvalue weighted by Gasteiger charge is 2.55. The van der Waals surface area contributed by atoms with E-state index in [4.69, 9.17) is 0 Å². The second kappa shape index (κ2) is 4.01. The average molecular weight is 222 g/mol. The first kappa shape index (κ1) is 10.5. The lowest BCUT2D eigenvalue weighted by Crippen LogP contribution is -2.21. The van der Waals surface area contributed by atoms with Crippen LogP contribution in [0.1, 0.15) is 17.5 Å². The van der Waals surface area contributed by atoms with E-state index in [1.54, 1.807) is 0 Å². The van der Waals surface area contributed by atoms with Gasteiger partial charge in [-0.25, -0.2) is 0 Å². The minimum Gasteiger partial charge on any atom is -0.311 e. The van der Waals surface area contributed by atoms with Crippen LogP contribution in [-0.4, -0.2) is 6.04 Å². The van der Waals surface area contributed by atoms with Gasteiger partial charge in [0.1, 0.15) is 0 Å². The summed E-state index contributed by atoms with van der Waals surface area (Å²) in [5.74, 6) is 0. The van der Waals surface area contributed by atoms with Crippen molar-refractivity contribution in [3.8, 4) is 0 Å². The zero-order chi connectivity index (χ0) is 11.7. The topological polar surface area (TPSA) is 12.0 Å². The molecule has 85 valence electrons. The van der Waals surface area contributed by atoms with Crippen LogP contribution in [0.4, 0.5) is 0 Å². The molecule has 0 aromatic heterocycles. The van der Waals surface area contributed by atoms with Crippen molar-refractivity contribution in [1.82, 2.24) is 5.32 Å². The van der Waals surface area contributed by atoms with Gasteiger partial charge < -0.3 is 5.32 Å². The van der Waals surface area contributed by atoms with Crippen molar-refractivity contribution >= 4 is 0 Å². The normalized spacial score (nSPS) is 21.1. The van der Waals surface area contributed by atoms with Crippen LogP contribution in [0.3, 0.4) is 0 Å². The largest absolute Gasteiger partial charge is 0.311 e. The Bertz CT molecular complexity index is 450. The Labute approximate surface area is 102 Å². The Balaban J connectivity index is 2.08. The van der Waals surface area contributed by atoms with E-state index in [9.17, 15) is 0 Å². The number of hydrogen-bond acceptors (Lipinski definition) is 1. The summed E-state index contributed by atoms with van der Waals surface area (Å²) in [7, 11) is 3.84. The lowest BCUT2D eigenvalue weighted by Gasteiger charge is -2.18. The van der Waals surface area contributed by atoms with Crippen molar-refractivity contribution in [2.24, 2.45) is 0 Å². The molecule has 0 spiro atoms. The molecule has 3 rings (SSSR count). The summed E-state index contributed by atoms with van der Waals surface area (Å²) in [6, 6.07) is 21.9. The molecule has 0 aliphatic heterocycles. The predicted octanol–water partition coefficient (Wildman–Crippen LogP) is 3.13. The molecule has 0 heterocycles. The van der Waals surface area contributed by atoms with E-state index in [2.05, 4.69) is 73.0 Å². The van der Waals surface area contributed by atoms with Crippen molar-refractivity contribution in [2.45, 2.75) is 17.9 Å². The molecule has 1 aliphatic rings. The Morgan fingerprint density at radius 2 is 1.35 bits per heavy atom. The SMILES string of the molecule is [CH2]NC1CC1(c1ccccc1)c1ccccc1. The van der Waals surface area contributed by atoms with Gasteiger partial charge in [-0.3, -0.25) is 0 Å². The molecule has 1 fully saturated rings. The molecule has 17 heavy (non-hydrogen) atoms. The summed E-state index contributed by atoms with van der Waals surface area (Å²) in [6.45, 7) is 0. The summed E-state index contributed by atoms with van der Waals surface area (Å²) in [5.41, 5.74) is 2.89. The van der Waals surface area contributed by atoms with Crippen molar-refractivity contribution in [2.75, 3.05) is 0 Å². The van der Waals surface area contributed by atoms with E-state index in [1.807, 2.05) is 0 Å². The second-order valence-corrected chi connectivity index (χ2v) is 4.66. The van der Waals surface area contributed by atoms with Crippen molar-refractivity contribution in [3.63, 3.8) is 0 Å². The maximum absolute atomic E-state index is 3.84. The van der Waals surface area contributed by atoms with Crippen molar-refractivity contribution < 1.29 is 0 Å². The van der Waals surface area contributed by atoms with E-state index >= 15 is 0 Å². The summed E-state index contributed by atoms with van der Waals surface area (Å²) >= 11 is 0. The third kappa shape index (κ3) is 1.58. The highest BCUT2D eigenvalue weighted by atomic mass is 15.0. The molecule has 1 saturated carbocycles. The molecule has 0 saturated heterocycles. The molecule has 2 aromatic carbocycles. The first-order valence-electron chi connectivity index (χ1n) is 6.01. The summed E-state index contributed by atoms with van der Waals surface area (Å²) in [4.78, 5) is 0. The lowest BCUT2D eigenvalue weighted by molar-refractivity contribution is 0.724. The Morgan fingerprint density at radius 1 is 0.882 bits per heavy atom. The van der Waals surface area contributed by atoms with Gasteiger partial charge in [-0.2, -0.15) is 0 Å². The molecule has 1 aliphatic carbocycles. The van der Waals surface area contributed by atoms with Gasteiger partial charge >= 0.3 is 0 Å². The summed E-state index contributed by atoms with van der Waals surface area (Å²) in [5, 5.41) is 3.18. The van der Waals surface area contributed by atoms with Gasteiger partial charge in [0.2, 0.25) is 0 Å². The molecule has 1 atom stereocenters. The third-order valence-electron chi connectivity index (χ3n) is 3.79. The van der Waals surface area contributed by atoms with Crippen LogP contribution in [0, 0.1) is 7.05 Å². The van der Waals surface area contributed by atoms with Gasteiger partial charge in [-0.15, -0.1) is 0 Å². The average Bonchev–Trinajstić information content (AvgIpc) is 3.17. The zero-order valence-corrected chi connectivity index (χ0v) is 9.77. The van der Waals surface area contributed by atoms with Gasteiger partial charge in [-0.1, -0.05) is 60.7 Å². The van der Waals surface area contributed by atoms with Gasteiger partial charge in [-0.05, 0) is 17.5 Å². The minimum absolute atomic E-state index is 0.129. The minimum atomic E-state index is 0.129. The molecule has 1 heteroatoms. The maximum atomic E-state index is 3.84. The number of hydrogen-bond donors (Lipinski definition) is 1. The third-order valence-corrected chi connectivity index (χ3v) is 3.79. The Morgan fingerprint density at radius 3 is 1.71 bits per heavy atom. The van der Waals surface area contributed by atoms with Crippen molar-refractivity contribution in [1.29, 1.82) is 0 Å². The van der Waals surface area contributed by atoms with Gasteiger partial charge in [0.15, 0.2) is 0 Å². The van der Waals surface area contributed by atoms with E-state index in [1.165, 1.54) is 11.1 Å². The van der Waals surface area contributed by atoms with E-state index < -0.39 is 0 Å². The second-order valence-electron chi connectivity index (χ2n) is 4.66. The van der Waals surface area contributed by atoms with Crippen LogP contribution in [0.2, 0.25) is 0 Å². The molecule has 1 nitrogen and oxygen atoms in total. The highest BCUT2D eigenvalue weighted by molar-refractivity contribution is 5.49. The summed E-state index contributed by atoms with van der Waals surface area (Å²) < 4.78 is 0. The molecule has 1 radical (unpaired) electrons. The van der Waals surface area contributed by atoms with Gasteiger partial charge in [0, 0.05) is 18.5 Å². The molecule has 1 unspecified atom stereocenters. The maximum Gasteiger partial charge on any atom is 0.0371 e. The fraction of sp³-hybridized carbons (Fsp3) is 0.188. The number of rotatable bonds is 3. The van der Waals surface area contributed by atoms with Gasteiger partial charge in [0.25, 0.3) is 0 Å². The quantitative estimate of drug-likeness (QED) is 0.841. The molecule has 2 aromatic rings. The Kier molecular flexibility index (Phi) is 2.49. The van der Waals surface area contributed by atoms with Crippen LogP contribution in [0.15, 0.2) is 60.7 Å². The van der Waals surface area contributed by atoms with Gasteiger partial charge in [0.05, 0.1) is 0 Å². The fourth-order valence-corrected chi connectivity index (χ4v) is 2.79. The Hall–Kier alpha value is -1.60. The number of nitrogens with one attached hydrogen (secondary N) is 1. The molecular weight excluding hydrogens is 206 g/mol. The smallest absolute Gasteiger partial charge is 0.0371 e. The predicted molar refractivity (Wildman–Crippen MR) is 70.6 cm³/mol. The molecule has 1 N–H and O–H groups in total. The van der Waals surface area contributed by atoms with Crippen LogP contribution in [0.25, 0.3) is 0 Å². The van der Waals surface area contributed by atoms with E-state index in [0.717, 1.165) is 6.42 Å². The molecular formula is C16H16N. The van der Waals surface area contributed by atoms with Crippen molar-refractivity contribution in [3.05, 3.63) is 78.8 Å². The number of benzene rings is 2. The van der Waals surface area contributed by atoms with Crippen LogP contribution in [-0.2, 0) is 5.41 Å². The first-order valence-corrected chi connectivity index (χ1v) is 6.01. The van der Waals surface area contributed by atoms with E-state index in [0.29, 0.717) is 6.04 Å². The molecule has 0 amide bonds. The van der Waals surface area contributed by atoms with Crippen LogP contribution in [0.5, 0.6) is 0 Å². The highest BCUT2D eigenvalue weighted by Crippen LogP contribution is 2.53. The first-order chi connectivity index (χ1) is 8.38. The summed E-state index contributed by atoms with van der Waals surface area (Å²) in [6.07, 6.45) is 1.13. The van der Waals surface area contributed by atoms with Crippen LogP contribution < -0.4 is 5.32 Å². The standard InChI is InChI=1S/C16H16N/c1-17-15-12-16(15,13-8-4-2-5-9-13)14-10-6-3-7-11-14/h2-11,15,17H,1,12H2. The fourth-order valence-electron chi connectivity index (χ4n) is 2.79. The lowest BCUT2D eigenvalue weighted by atomic mass is 9.87. The molecule has 0 bridgehead atoms. The van der Waals surface area contributed by atoms with Crippen LogP contribution >= 0.6 is 0 Å². The van der Waals surface area contributed by atoms with E-state index in [-0.39, 0.29) is 5.41 Å². The monoisotopic (exact) mass is 222 g/mol. The zero-order valence-electron chi connectivity index (χ0n) is 9.77.